The normalized spacial score (nSPS) is 12.7. The maximum atomic E-state index is 12.3. The number of carbonyl (C=O) groups is 1. The lowest BCUT2D eigenvalue weighted by Gasteiger charge is -2.06. The molecule has 6 nitrogen and oxygen atoms in total. The molecule has 3 aromatic rings. The molecule has 114 valence electrons. The van der Waals surface area contributed by atoms with Crippen molar-refractivity contribution < 1.29 is 9.21 Å². The van der Waals surface area contributed by atoms with Crippen LogP contribution in [0.2, 0.25) is 0 Å². The monoisotopic (exact) mass is 298 g/mol. The Kier molecular flexibility index (Phi) is 3.66. The van der Waals surface area contributed by atoms with E-state index >= 15 is 0 Å². The molecule has 1 amide bonds. The number of H-pyrrole nitrogens is 1. The highest BCUT2D eigenvalue weighted by Gasteiger charge is 2.21. The smallest absolute Gasteiger partial charge is 0.248 e. The van der Waals surface area contributed by atoms with Crippen molar-refractivity contribution >= 4 is 22.8 Å². The summed E-state index contributed by atoms with van der Waals surface area (Å²) in [5, 5.41) is 10.5. The number of benzene rings is 1. The molecule has 0 radical (unpaired) electrons. The van der Waals surface area contributed by atoms with E-state index in [9.17, 15) is 4.79 Å². The van der Waals surface area contributed by atoms with Crippen molar-refractivity contribution in [3.63, 3.8) is 0 Å². The van der Waals surface area contributed by atoms with E-state index < -0.39 is 5.92 Å². The average molecular weight is 298 g/mol. The Hall–Kier alpha value is -2.63. The van der Waals surface area contributed by atoms with Crippen LogP contribution in [0.3, 0.4) is 0 Å². The predicted molar refractivity (Wildman–Crippen MR) is 83.7 cm³/mol. The highest BCUT2D eigenvalue weighted by molar-refractivity contribution is 5.94. The van der Waals surface area contributed by atoms with Gasteiger partial charge in [-0.2, -0.15) is 4.98 Å². The van der Waals surface area contributed by atoms with E-state index in [1.807, 2.05) is 44.2 Å². The number of hydrogen-bond acceptors (Lipinski definition) is 4. The number of carbonyl (C=O) groups excluding carboxylic acids is 1. The first kappa shape index (κ1) is 14.3. The zero-order valence-electron chi connectivity index (χ0n) is 12.8. The fourth-order valence-electron chi connectivity index (χ4n) is 2.15. The molecule has 0 unspecified atom stereocenters. The standard InChI is InChI=1S/C16H18N4O2/c1-9(2)14-17-16(20-19-14)18-15(21)10(3)13-8-11-6-4-5-7-12(11)22-13/h4-10H,1-3H3,(H2,17,18,19,20,21)/t10-/m1/s1. The molecule has 22 heavy (non-hydrogen) atoms. The van der Waals surface area contributed by atoms with E-state index in [0.29, 0.717) is 5.76 Å². The number of nitrogens with zero attached hydrogens (tertiary/aromatic N) is 2. The summed E-state index contributed by atoms with van der Waals surface area (Å²) in [6.07, 6.45) is 0. The fourth-order valence-corrected chi connectivity index (χ4v) is 2.15. The van der Waals surface area contributed by atoms with E-state index in [4.69, 9.17) is 4.42 Å². The lowest BCUT2D eigenvalue weighted by molar-refractivity contribution is -0.117. The largest absolute Gasteiger partial charge is 0.460 e. The van der Waals surface area contributed by atoms with Crippen LogP contribution in [0.25, 0.3) is 11.0 Å². The van der Waals surface area contributed by atoms with Gasteiger partial charge >= 0.3 is 0 Å². The second kappa shape index (κ2) is 5.63. The number of aromatic nitrogens is 3. The van der Waals surface area contributed by atoms with Crippen LogP contribution in [-0.4, -0.2) is 21.1 Å². The van der Waals surface area contributed by atoms with Crippen LogP contribution in [0.5, 0.6) is 0 Å². The second-order valence-electron chi connectivity index (χ2n) is 5.60. The molecular weight excluding hydrogens is 280 g/mol. The first-order valence-electron chi connectivity index (χ1n) is 7.26. The molecule has 2 heterocycles. The van der Waals surface area contributed by atoms with E-state index in [0.717, 1.165) is 16.8 Å². The number of rotatable bonds is 4. The minimum Gasteiger partial charge on any atom is -0.460 e. The van der Waals surface area contributed by atoms with Crippen molar-refractivity contribution in [2.45, 2.75) is 32.6 Å². The maximum Gasteiger partial charge on any atom is 0.248 e. The van der Waals surface area contributed by atoms with E-state index in [1.165, 1.54) is 0 Å². The van der Waals surface area contributed by atoms with Gasteiger partial charge in [-0.05, 0) is 19.1 Å². The third-order valence-electron chi connectivity index (χ3n) is 3.55. The minimum absolute atomic E-state index is 0.201. The van der Waals surface area contributed by atoms with Gasteiger partial charge in [0.15, 0.2) is 0 Å². The number of para-hydroxylation sites is 1. The molecule has 0 saturated heterocycles. The number of hydrogen-bond donors (Lipinski definition) is 2. The van der Waals surface area contributed by atoms with Gasteiger partial charge in [0.25, 0.3) is 0 Å². The average Bonchev–Trinajstić information content (AvgIpc) is 3.12. The van der Waals surface area contributed by atoms with E-state index in [1.54, 1.807) is 6.92 Å². The predicted octanol–water partition coefficient (Wildman–Crippen LogP) is 3.42. The first-order valence-corrected chi connectivity index (χ1v) is 7.26. The molecule has 0 saturated carbocycles. The van der Waals surface area contributed by atoms with Crippen LogP contribution < -0.4 is 5.32 Å². The van der Waals surface area contributed by atoms with Gasteiger partial charge in [0, 0.05) is 11.3 Å². The topological polar surface area (TPSA) is 83.8 Å². The van der Waals surface area contributed by atoms with Gasteiger partial charge in [0.1, 0.15) is 17.2 Å². The van der Waals surface area contributed by atoms with Crippen molar-refractivity contribution in [2.75, 3.05) is 5.32 Å². The quantitative estimate of drug-likeness (QED) is 0.773. The van der Waals surface area contributed by atoms with Crippen LogP contribution in [-0.2, 0) is 4.79 Å². The summed E-state index contributed by atoms with van der Waals surface area (Å²) in [6, 6.07) is 9.57. The number of amides is 1. The molecule has 2 aromatic heterocycles. The number of nitrogens with one attached hydrogen (secondary N) is 2. The molecule has 0 aliphatic heterocycles. The Labute approximate surface area is 127 Å². The molecule has 2 N–H and O–H groups in total. The lowest BCUT2D eigenvalue weighted by atomic mass is 10.1. The highest BCUT2D eigenvalue weighted by Crippen LogP contribution is 2.25. The molecule has 0 aliphatic carbocycles. The molecule has 0 aliphatic rings. The lowest BCUT2D eigenvalue weighted by Crippen LogP contribution is -2.19. The van der Waals surface area contributed by atoms with Gasteiger partial charge in [-0.1, -0.05) is 32.0 Å². The van der Waals surface area contributed by atoms with Crippen LogP contribution >= 0.6 is 0 Å². The van der Waals surface area contributed by atoms with Gasteiger partial charge in [-0.25, -0.2) is 0 Å². The van der Waals surface area contributed by atoms with Gasteiger partial charge in [-0.15, -0.1) is 5.10 Å². The number of aromatic amines is 1. The Morgan fingerprint density at radius 1 is 1.27 bits per heavy atom. The number of fused-ring (bicyclic) bond motifs is 1. The second-order valence-corrected chi connectivity index (χ2v) is 5.60. The van der Waals surface area contributed by atoms with Crippen molar-refractivity contribution in [1.29, 1.82) is 0 Å². The summed E-state index contributed by atoms with van der Waals surface area (Å²) in [5.74, 6) is 1.26. The van der Waals surface area contributed by atoms with Crippen LogP contribution in [0.1, 0.15) is 44.2 Å². The molecule has 1 aromatic carbocycles. The Morgan fingerprint density at radius 2 is 2.05 bits per heavy atom. The van der Waals surface area contributed by atoms with Crippen molar-refractivity contribution in [1.82, 2.24) is 15.2 Å². The zero-order chi connectivity index (χ0) is 15.7. The molecule has 1 atom stereocenters. The Balaban J connectivity index is 1.75. The van der Waals surface area contributed by atoms with Gasteiger partial charge in [-0.3, -0.25) is 15.2 Å². The molecule has 0 fully saturated rings. The summed E-state index contributed by atoms with van der Waals surface area (Å²) in [7, 11) is 0. The summed E-state index contributed by atoms with van der Waals surface area (Å²) >= 11 is 0. The Bertz CT molecular complexity index is 770. The fraction of sp³-hybridized carbons (Fsp3) is 0.312. The van der Waals surface area contributed by atoms with Crippen molar-refractivity contribution in [2.24, 2.45) is 0 Å². The SMILES string of the molecule is CC(C)c1nc(NC(=O)[C@H](C)c2cc3ccccc3o2)n[nH]1. The number of anilines is 1. The van der Waals surface area contributed by atoms with Crippen molar-refractivity contribution in [3.05, 3.63) is 41.9 Å². The third-order valence-corrected chi connectivity index (χ3v) is 3.55. The maximum absolute atomic E-state index is 12.3. The van der Waals surface area contributed by atoms with Gasteiger partial charge in [0.2, 0.25) is 11.9 Å². The van der Waals surface area contributed by atoms with Crippen LogP contribution in [0.4, 0.5) is 5.95 Å². The molecular formula is C16H18N4O2. The van der Waals surface area contributed by atoms with Gasteiger partial charge in [0.05, 0.1) is 5.92 Å². The van der Waals surface area contributed by atoms with Crippen molar-refractivity contribution in [3.8, 4) is 0 Å². The van der Waals surface area contributed by atoms with Crippen LogP contribution in [0, 0.1) is 0 Å². The van der Waals surface area contributed by atoms with E-state index in [2.05, 4.69) is 20.5 Å². The summed E-state index contributed by atoms with van der Waals surface area (Å²) in [5.41, 5.74) is 0.775. The van der Waals surface area contributed by atoms with Crippen LogP contribution in [0.15, 0.2) is 34.7 Å². The minimum atomic E-state index is -0.423. The molecule has 0 spiro atoms. The number of furan rings is 1. The summed E-state index contributed by atoms with van der Waals surface area (Å²) in [6.45, 7) is 5.80. The van der Waals surface area contributed by atoms with Gasteiger partial charge < -0.3 is 4.42 Å². The highest BCUT2D eigenvalue weighted by atomic mass is 16.3. The first-order chi connectivity index (χ1) is 10.5. The molecule has 6 heteroatoms. The summed E-state index contributed by atoms with van der Waals surface area (Å²) in [4.78, 5) is 16.5. The summed E-state index contributed by atoms with van der Waals surface area (Å²) < 4.78 is 5.72. The molecule has 0 bridgehead atoms. The zero-order valence-corrected chi connectivity index (χ0v) is 12.8. The third kappa shape index (κ3) is 2.72. The molecule has 3 rings (SSSR count). The Morgan fingerprint density at radius 3 is 2.73 bits per heavy atom. The van der Waals surface area contributed by atoms with E-state index in [-0.39, 0.29) is 17.8 Å².